The second-order valence-electron chi connectivity index (χ2n) is 2.94. The first kappa shape index (κ1) is 11.6. The molecule has 1 aromatic rings. The summed E-state index contributed by atoms with van der Waals surface area (Å²) in [5.41, 5.74) is 0. The number of aromatic nitrogens is 2. The molecular formula is C9H13IN2O2. The number of hydrogen-bond acceptors (Lipinski definition) is 4. The van der Waals surface area contributed by atoms with Crippen LogP contribution in [0.25, 0.3) is 0 Å². The van der Waals surface area contributed by atoms with Gasteiger partial charge in [0.25, 0.3) is 0 Å². The van der Waals surface area contributed by atoms with Gasteiger partial charge in [0.2, 0.25) is 5.88 Å². The van der Waals surface area contributed by atoms with Crippen molar-refractivity contribution >= 4 is 22.6 Å². The van der Waals surface area contributed by atoms with Crippen LogP contribution in [0.2, 0.25) is 0 Å². The lowest BCUT2D eigenvalue weighted by atomic mass is 10.5. The summed E-state index contributed by atoms with van der Waals surface area (Å²) in [5, 5.41) is 0. The van der Waals surface area contributed by atoms with Gasteiger partial charge in [-0.05, 0) is 36.4 Å². The lowest BCUT2D eigenvalue weighted by Crippen LogP contribution is -2.12. The first-order chi connectivity index (χ1) is 6.70. The SMILES string of the molecule is CC(C)OCCOc1ncncc1I. The van der Waals surface area contributed by atoms with Gasteiger partial charge in [-0.2, -0.15) is 0 Å². The Bertz CT molecular complexity index is 281. The van der Waals surface area contributed by atoms with E-state index in [4.69, 9.17) is 9.47 Å². The zero-order valence-corrected chi connectivity index (χ0v) is 10.4. The number of rotatable bonds is 5. The molecule has 0 spiro atoms. The third-order valence-electron chi connectivity index (χ3n) is 1.41. The quantitative estimate of drug-likeness (QED) is 0.615. The molecule has 0 N–H and O–H groups in total. The molecule has 0 aliphatic heterocycles. The molecule has 5 heteroatoms. The van der Waals surface area contributed by atoms with E-state index in [0.717, 1.165) is 3.57 Å². The van der Waals surface area contributed by atoms with Crippen molar-refractivity contribution in [1.29, 1.82) is 0 Å². The van der Waals surface area contributed by atoms with Crippen LogP contribution in [0.4, 0.5) is 0 Å². The van der Waals surface area contributed by atoms with Gasteiger partial charge in [0.05, 0.1) is 16.3 Å². The molecule has 0 aromatic carbocycles. The maximum atomic E-state index is 5.40. The summed E-state index contributed by atoms with van der Waals surface area (Å²) in [5.74, 6) is 0.618. The van der Waals surface area contributed by atoms with Crippen molar-refractivity contribution < 1.29 is 9.47 Å². The molecule has 4 nitrogen and oxygen atoms in total. The zero-order chi connectivity index (χ0) is 10.4. The van der Waals surface area contributed by atoms with Gasteiger partial charge in [-0.3, -0.25) is 0 Å². The van der Waals surface area contributed by atoms with Crippen LogP contribution in [-0.2, 0) is 4.74 Å². The van der Waals surface area contributed by atoms with E-state index in [1.54, 1.807) is 6.20 Å². The summed E-state index contributed by atoms with van der Waals surface area (Å²) in [4.78, 5) is 7.87. The lowest BCUT2D eigenvalue weighted by molar-refractivity contribution is 0.0540. The third-order valence-corrected chi connectivity index (χ3v) is 2.15. The molecule has 0 fully saturated rings. The van der Waals surface area contributed by atoms with Crippen molar-refractivity contribution in [2.45, 2.75) is 20.0 Å². The van der Waals surface area contributed by atoms with E-state index in [-0.39, 0.29) is 6.10 Å². The minimum absolute atomic E-state index is 0.239. The molecule has 0 bridgehead atoms. The van der Waals surface area contributed by atoms with Crippen LogP contribution in [0.1, 0.15) is 13.8 Å². The van der Waals surface area contributed by atoms with E-state index < -0.39 is 0 Å². The Labute approximate surface area is 97.2 Å². The molecule has 0 amide bonds. The minimum atomic E-state index is 0.239. The topological polar surface area (TPSA) is 44.2 Å². The summed E-state index contributed by atoms with van der Waals surface area (Å²) < 4.78 is 11.6. The fourth-order valence-corrected chi connectivity index (χ4v) is 1.29. The summed E-state index contributed by atoms with van der Waals surface area (Å²) >= 11 is 2.13. The molecule has 0 saturated heterocycles. The standard InChI is InChI=1S/C9H13IN2O2/c1-7(2)13-3-4-14-9-8(10)5-11-6-12-9/h5-7H,3-4H2,1-2H3. The van der Waals surface area contributed by atoms with Crippen LogP contribution in [0.15, 0.2) is 12.5 Å². The van der Waals surface area contributed by atoms with E-state index in [1.807, 2.05) is 13.8 Å². The van der Waals surface area contributed by atoms with Gasteiger partial charge in [-0.15, -0.1) is 0 Å². The minimum Gasteiger partial charge on any atom is -0.474 e. The highest BCUT2D eigenvalue weighted by atomic mass is 127. The van der Waals surface area contributed by atoms with E-state index >= 15 is 0 Å². The Morgan fingerprint density at radius 3 is 2.86 bits per heavy atom. The Balaban J connectivity index is 2.28. The monoisotopic (exact) mass is 308 g/mol. The highest BCUT2D eigenvalue weighted by Crippen LogP contribution is 2.14. The predicted octanol–water partition coefficient (Wildman–Crippen LogP) is 1.89. The molecule has 0 radical (unpaired) electrons. The van der Waals surface area contributed by atoms with Gasteiger partial charge < -0.3 is 9.47 Å². The molecule has 0 aliphatic rings. The molecular weight excluding hydrogens is 295 g/mol. The molecule has 1 heterocycles. The first-order valence-corrected chi connectivity index (χ1v) is 5.48. The van der Waals surface area contributed by atoms with Crippen molar-refractivity contribution in [3.05, 3.63) is 16.1 Å². The van der Waals surface area contributed by atoms with Gasteiger partial charge in [0.15, 0.2) is 0 Å². The summed E-state index contributed by atoms with van der Waals surface area (Å²) in [6, 6.07) is 0. The summed E-state index contributed by atoms with van der Waals surface area (Å²) in [6.45, 7) is 5.09. The maximum Gasteiger partial charge on any atom is 0.230 e. The fraction of sp³-hybridized carbons (Fsp3) is 0.556. The van der Waals surface area contributed by atoms with E-state index in [1.165, 1.54) is 6.33 Å². The first-order valence-electron chi connectivity index (χ1n) is 4.40. The molecule has 78 valence electrons. The lowest BCUT2D eigenvalue weighted by Gasteiger charge is -2.08. The Kier molecular flexibility index (Phi) is 5.10. The summed E-state index contributed by atoms with van der Waals surface area (Å²) in [6.07, 6.45) is 3.43. The molecule has 0 aliphatic carbocycles. The van der Waals surface area contributed by atoms with Crippen LogP contribution >= 0.6 is 22.6 Å². The zero-order valence-electron chi connectivity index (χ0n) is 8.24. The Hall–Kier alpha value is -0.430. The second kappa shape index (κ2) is 6.13. The average molecular weight is 308 g/mol. The number of nitrogens with zero attached hydrogens (tertiary/aromatic N) is 2. The summed E-state index contributed by atoms with van der Waals surface area (Å²) in [7, 11) is 0. The molecule has 1 rings (SSSR count). The number of ether oxygens (including phenoxy) is 2. The average Bonchev–Trinajstić information content (AvgIpc) is 2.15. The molecule has 0 unspecified atom stereocenters. The number of halogens is 1. The van der Waals surface area contributed by atoms with Crippen molar-refractivity contribution in [1.82, 2.24) is 9.97 Å². The highest BCUT2D eigenvalue weighted by molar-refractivity contribution is 14.1. The number of hydrogen-bond donors (Lipinski definition) is 0. The van der Waals surface area contributed by atoms with Crippen LogP contribution in [0.3, 0.4) is 0 Å². The van der Waals surface area contributed by atoms with E-state index in [2.05, 4.69) is 32.6 Å². The van der Waals surface area contributed by atoms with Gasteiger partial charge in [0, 0.05) is 6.20 Å². The predicted molar refractivity (Wildman–Crippen MR) is 61.3 cm³/mol. The van der Waals surface area contributed by atoms with Crippen molar-refractivity contribution in [2.75, 3.05) is 13.2 Å². The van der Waals surface area contributed by atoms with Crippen molar-refractivity contribution in [3.63, 3.8) is 0 Å². The van der Waals surface area contributed by atoms with Crippen LogP contribution in [0, 0.1) is 3.57 Å². The molecule has 0 saturated carbocycles. The van der Waals surface area contributed by atoms with Crippen LogP contribution in [0.5, 0.6) is 5.88 Å². The highest BCUT2D eigenvalue weighted by Gasteiger charge is 2.01. The normalized spacial score (nSPS) is 10.6. The van der Waals surface area contributed by atoms with Gasteiger partial charge in [0.1, 0.15) is 12.9 Å². The molecule has 0 atom stereocenters. The van der Waals surface area contributed by atoms with Crippen molar-refractivity contribution in [2.24, 2.45) is 0 Å². The van der Waals surface area contributed by atoms with Crippen LogP contribution < -0.4 is 4.74 Å². The molecule has 14 heavy (non-hydrogen) atoms. The van der Waals surface area contributed by atoms with Gasteiger partial charge in [-0.25, -0.2) is 9.97 Å². The molecule has 1 aromatic heterocycles. The van der Waals surface area contributed by atoms with E-state index in [0.29, 0.717) is 19.1 Å². The fourth-order valence-electron chi connectivity index (χ4n) is 0.830. The largest absolute Gasteiger partial charge is 0.474 e. The maximum absolute atomic E-state index is 5.40. The second-order valence-corrected chi connectivity index (χ2v) is 4.11. The Morgan fingerprint density at radius 1 is 1.43 bits per heavy atom. The Morgan fingerprint density at radius 2 is 2.21 bits per heavy atom. The smallest absolute Gasteiger partial charge is 0.230 e. The van der Waals surface area contributed by atoms with Gasteiger partial charge in [-0.1, -0.05) is 0 Å². The van der Waals surface area contributed by atoms with Gasteiger partial charge >= 0.3 is 0 Å². The van der Waals surface area contributed by atoms with E-state index in [9.17, 15) is 0 Å². The third kappa shape index (κ3) is 4.19. The van der Waals surface area contributed by atoms with Crippen molar-refractivity contribution in [3.8, 4) is 5.88 Å². The van der Waals surface area contributed by atoms with Crippen LogP contribution in [-0.4, -0.2) is 29.3 Å².